The molecule has 0 aliphatic rings. The van der Waals surface area contributed by atoms with Gasteiger partial charge in [0, 0.05) is 6.04 Å². The van der Waals surface area contributed by atoms with Gasteiger partial charge in [-0.25, -0.2) is 4.39 Å². The van der Waals surface area contributed by atoms with Gasteiger partial charge in [0.15, 0.2) is 0 Å². The van der Waals surface area contributed by atoms with E-state index in [2.05, 4.69) is 19.2 Å². The van der Waals surface area contributed by atoms with Crippen LogP contribution in [0.25, 0.3) is 0 Å². The summed E-state index contributed by atoms with van der Waals surface area (Å²) in [4.78, 5) is 0. The van der Waals surface area contributed by atoms with Crippen LogP contribution in [0.4, 0.5) is 10.1 Å². The van der Waals surface area contributed by atoms with Gasteiger partial charge in [-0.05, 0) is 31.0 Å². The summed E-state index contributed by atoms with van der Waals surface area (Å²) in [6.45, 7) is 6.22. The SMILES string of the molecule is CC(C)[C@@H](C)Nc1ccc(F)cc1C#N. The van der Waals surface area contributed by atoms with Gasteiger partial charge in [-0.15, -0.1) is 0 Å². The van der Waals surface area contributed by atoms with Crippen LogP contribution < -0.4 is 5.32 Å². The maximum Gasteiger partial charge on any atom is 0.124 e. The zero-order valence-corrected chi connectivity index (χ0v) is 9.21. The molecule has 1 N–H and O–H groups in total. The van der Waals surface area contributed by atoms with Gasteiger partial charge in [-0.3, -0.25) is 0 Å². The molecule has 0 unspecified atom stereocenters. The molecule has 1 aromatic carbocycles. The molecule has 0 heterocycles. The van der Waals surface area contributed by atoms with Crippen molar-refractivity contribution in [3.05, 3.63) is 29.6 Å². The lowest BCUT2D eigenvalue weighted by molar-refractivity contribution is 0.559. The number of hydrogen-bond donors (Lipinski definition) is 1. The Morgan fingerprint density at radius 1 is 1.33 bits per heavy atom. The number of halogens is 1. The summed E-state index contributed by atoms with van der Waals surface area (Å²) in [5.41, 5.74) is 1.04. The second-order valence-corrected chi connectivity index (χ2v) is 3.98. The first kappa shape index (κ1) is 11.5. The third-order valence-corrected chi connectivity index (χ3v) is 2.49. The number of anilines is 1. The Kier molecular flexibility index (Phi) is 3.68. The lowest BCUT2D eigenvalue weighted by Gasteiger charge is -2.19. The van der Waals surface area contributed by atoms with Gasteiger partial charge in [-0.1, -0.05) is 13.8 Å². The molecule has 0 fully saturated rings. The molecule has 0 aromatic heterocycles. The Morgan fingerprint density at radius 2 is 2.00 bits per heavy atom. The van der Waals surface area contributed by atoms with Crippen LogP contribution in [-0.2, 0) is 0 Å². The Labute approximate surface area is 89.7 Å². The van der Waals surface area contributed by atoms with Crippen LogP contribution in [0.3, 0.4) is 0 Å². The fourth-order valence-electron chi connectivity index (χ4n) is 1.15. The summed E-state index contributed by atoms with van der Waals surface area (Å²) >= 11 is 0. The van der Waals surface area contributed by atoms with E-state index in [1.165, 1.54) is 12.1 Å². The van der Waals surface area contributed by atoms with Gasteiger partial charge in [0.1, 0.15) is 11.9 Å². The van der Waals surface area contributed by atoms with Crippen molar-refractivity contribution in [3.8, 4) is 6.07 Å². The monoisotopic (exact) mass is 206 g/mol. The van der Waals surface area contributed by atoms with Gasteiger partial charge in [0.2, 0.25) is 0 Å². The van der Waals surface area contributed by atoms with Crippen LogP contribution in [0.15, 0.2) is 18.2 Å². The van der Waals surface area contributed by atoms with Gasteiger partial charge >= 0.3 is 0 Å². The molecule has 80 valence electrons. The molecule has 3 heteroatoms. The summed E-state index contributed by atoms with van der Waals surface area (Å²) in [5, 5.41) is 12.0. The van der Waals surface area contributed by atoms with E-state index in [0.717, 1.165) is 0 Å². The average Bonchev–Trinajstić information content (AvgIpc) is 2.20. The van der Waals surface area contributed by atoms with Crippen molar-refractivity contribution in [1.29, 1.82) is 5.26 Å². The minimum absolute atomic E-state index is 0.252. The standard InChI is InChI=1S/C12H15FN2/c1-8(2)9(3)15-12-5-4-11(13)6-10(12)7-14/h4-6,8-9,15H,1-3H3/t9-/m1/s1. The van der Waals surface area contributed by atoms with Crippen molar-refractivity contribution < 1.29 is 4.39 Å². The van der Waals surface area contributed by atoms with Crippen LogP contribution in [0.1, 0.15) is 26.3 Å². The predicted molar refractivity (Wildman–Crippen MR) is 59.0 cm³/mol. The Morgan fingerprint density at radius 3 is 2.53 bits per heavy atom. The third kappa shape index (κ3) is 2.95. The molecular formula is C12H15FN2. The first-order chi connectivity index (χ1) is 7.04. The normalized spacial score (nSPS) is 12.3. The van der Waals surface area contributed by atoms with E-state index in [1.807, 2.05) is 13.0 Å². The zero-order valence-electron chi connectivity index (χ0n) is 9.21. The fraction of sp³-hybridized carbons (Fsp3) is 0.417. The largest absolute Gasteiger partial charge is 0.381 e. The van der Waals surface area contributed by atoms with E-state index in [9.17, 15) is 4.39 Å². The topological polar surface area (TPSA) is 35.8 Å². The molecule has 1 aromatic rings. The van der Waals surface area contributed by atoms with Crippen molar-refractivity contribution in [2.75, 3.05) is 5.32 Å². The van der Waals surface area contributed by atoms with Crippen molar-refractivity contribution in [3.63, 3.8) is 0 Å². The summed E-state index contributed by atoms with van der Waals surface area (Å²) in [7, 11) is 0. The number of nitriles is 1. The molecule has 0 aliphatic heterocycles. The average molecular weight is 206 g/mol. The van der Waals surface area contributed by atoms with Crippen LogP contribution in [0.2, 0.25) is 0 Å². The van der Waals surface area contributed by atoms with Gasteiger partial charge in [0.25, 0.3) is 0 Å². The van der Waals surface area contributed by atoms with Crippen molar-refractivity contribution >= 4 is 5.69 Å². The summed E-state index contributed by atoms with van der Waals surface area (Å²) in [6.07, 6.45) is 0. The fourth-order valence-corrected chi connectivity index (χ4v) is 1.15. The highest BCUT2D eigenvalue weighted by Crippen LogP contribution is 2.18. The minimum atomic E-state index is -0.380. The second-order valence-electron chi connectivity index (χ2n) is 3.98. The van der Waals surface area contributed by atoms with Crippen LogP contribution >= 0.6 is 0 Å². The van der Waals surface area contributed by atoms with E-state index in [0.29, 0.717) is 17.2 Å². The molecule has 1 atom stereocenters. The Balaban J connectivity index is 2.91. The highest BCUT2D eigenvalue weighted by molar-refractivity contribution is 5.57. The highest BCUT2D eigenvalue weighted by atomic mass is 19.1. The molecule has 0 saturated carbocycles. The van der Waals surface area contributed by atoms with Crippen molar-refractivity contribution in [2.45, 2.75) is 26.8 Å². The molecule has 0 bridgehead atoms. The molecule has 1 rings (SSSR count). The first-order valence-electron chi connectivity index (χ1n) is 5.00. The van der Waals surface area contributed by atoms with E-state index < -0.39 is 0 Å². The molecule has 0 aliphatic carbocycles. The molecule has 0 amide bonds. The maximum atomic E-state index is 12.9. The number of benzene rings is 1. The Bertz CT molecular complexity index is 380. The van der Waals surface area contributed by atoms with Gasteiger partial charge in [0.05, 0.1) is 11.3 Å². The summed E-state index contributed by atoms with van der Waals surface area (Å²) < 4.78 is 12.9. The molecule has 0 spiro atoms. The third-order valence-electron chi connectivity index (χ3n) is 2.49. The van der Waals surface area contributed by atoms with E-state index in [4.69, 9.17) is 5.26 Å². The van der Waals surface area contributed by atoms with Crippen LogP contribution in [0.5, 0.6) is 0 Å². The predicted octanol–water partition coefficient (Wildman–Crippen LogP) is 3.15. The molecular weight excluding hydrogens is 191 g/mol. The molecule has 15 heavy (non-hydrogen) atoms. The van der Waals surface area contributed by atoms with Crippen LogP contribution in [-0.4, -0.2) is 6.04 Å². The highest BCUT2D eigenvalue weighted by Gasteiger charge is 2.09. The van der Waals surface area contributed by atoms with Crippen molar-refractivity contribution in [2.24, 2.45) is 5.92 Å². The maximum absolute atomic E-state index is 12.9. The second kappa shape index (κ2) is 4.79. The Hall–Kier alpha value is -1.56. The quantitative estimate of drug-likeness (QED) is 0.824. The summed E-state index contributed by atoms with van der Waals surface area (Å²) in [5.74, 6) is 0.0795. The number of rotatable bonds is 3. The summed E-state index contributed by atoms with van der Waals surface area (Å²) in [6, 6.07) is 6.44. The molecule has 0 radical (unpaired) electrons. The minimum Gasteiger partial charge on any atom is -0.381 e. The van der Waals surface area contributed by atoms with E-state index >= 15 is 0 Å². The lowest BCUT2D eigenvalue weighted by atomic mass is 10.1. The number of hydrogen-bond acceptors (Lipinski definition) is 2. The molecule has 2 nitrogen and oxygen atoms in total. The van der Waals surface area contributed by atoms with E-state index in [-0.39, 0.29) is 11.9 Å². The van der Waals surface area contributed by atoms with Crippen LogP contribution in [0, 0.1) is 23.1 Å². The van der Waals surface area contributed by atoms with Gasteiger partial charge in [-0.2, -0.15) is 5.26 Å². The zero-order chi connectivity index (χ0) is 11.4. The molecule has 0 saturated heterocycles. The smallest absolute Gasteiger partial charge is 0.124 e. The number of nitrogens with zero attached hydrogens (tertiary/aromatic N) is 1. The lowest BCUT2D eigenvalue weighted by Crippen LogP contribution is -2.22. The number of nitrogens with one attached hydrogen (secondary N) is 1. The van der Waals surface area contributed by atoms with E-state index in [1.54, 1.807) is 6.07 Å². The van der Waals surface area contributed by atoms with Gasteiger partial charge < -0.3 is 5.32 Å². The van der Waals surface area contributed by atoms with Crippen molar-refractivity contribution in [1.82, 2.24) is 0 Å². The first-order valence-corrected chi connectivity index (χ1v) is 5.00.